The average Bonchev–Trinajstić information content (AvgIpc) is 2.40. The summed E-state index contributed by atoms with van der Waals surface area (Å²) in [6.07, 6.45) is 3.34. The third-order valence-corrected chi connectivity index (χ3v) is 2.88. The van der Waals surface area contributed by atoms with Crippen LogP contribution in [-0.4, -0.2) is 9.97 Å². The van der Waals surface area contributed by atoms with Gasteiger partial charge in [0.1, 0.15) is 5.75 Å². The van der Waals surface area contributed by atoms with Gasteiger partial charge in [-0.3, -0.25) is 0 Å². The van der Waals surface area contributed by atoms with Crippen LogP contribution in [-0.2, 0) is 5.88 Å². The molecule has 0 fully saturated rings. The fourth-order valence-corrected chi connectivity index (χ4v) is 1.65. The molecule has 4 heteroatoms. The Morgan fingerprint density at radius 1 is 1.22 bits per heavy atom. The molecule has 2 aromatic rings. The van der Waals surface area contributed by atoms with Gasteiger partial charge in [-0.15, -0.1) is 11.6 Å². The van der Waals surface area contributed by atoms with Crippen LogP contribution in [0.1, 0.15) is 30.9 Å². The van der Waals surface area contributed by atoms with Gasteiger partial charge in [-0.05, 0) is 23.6 Å². The first kappa shape index (κ1) is 12.8. The normalized spacial score (nSPS) is 10.7. The number of aromatic nitrogens is 2. The monoisotopic (exact) mass is 262 g/mol. The van der Waals surface area contributed by atoms with Crippen LogP contribution in [0.15, 0.2) is 36.7 Å². The van der Waals surface area contributed by atoms with Crippen LogP contribution in [0.5, 0.6) is 11.8 Å². The molecular weight excluding hydrogens is 248 g/mol. The first-order valence-corrected chi connectivity index (χ1v) is 6.37. The quantitative estimate of drug-likeness (QED) is 0.777. The maximum Gasteiger partial charge on any atom is 0.321 e. The molecule has 0 aliphatic heterocycles. The largest absolute Gasteiger partial charge is 0.424 e. The zero-order chi connectivity index (χ0) is 13.0. The Kier molecular flexibility index (Phi) is 4.15. The number of halogens is 1. The minimum Gasteiger partial charge on any atom is -0.424 e. The molecule has 0 bridgehead atoms. The van der Waals surface area contributed by atoms with E-state index in [1.165, 1.54) is 5.56 Å². The van der Waals surface area contributed by atoms with Gasteiger partial charge in [0, 0.05) is 18.0 Å². The van der Waals surface area contributed by atoms with E-state index in [4.69, 9.17) is 16.3 Å². The minimum absolute atomic E-state index is 0.338. The SMILES string of the molecule is CC(C)c1cccc(Oc2ncc(CCl)cn2)c1. The minimum atomic E-state index is 0.338. The summed E-state index contributed by atoms with van der Waals surface area (Å²) in [6.45, 7) is 4.29. The highest BCUT2D eigenvalue weighted by Crippen LogP contribution is 2.23. The third-order valence-electron chi connectivity index (χ3n) is 2.57. The van der Waals surface area contributed by atoms with E-state index < -0.39 is 0 Å². The number of nitrogens with zero attached hydrogens (tertiary/aromatic N) is 2. The molecule has 94 valence electrons. The Balaban J connectivity index is 2.15. The fraction of sp³-hybridized carbons (Fsp3) is 0.286. The lowest BCUT2D eigenvalue weighted by Crippen LogP contribution is -1.94. The lowest BCUT2D eigenvalue weighted by atomic mass is 10.0. The molecule has 0 spiro atoms. The first-order chi connectivity index (χ1) is 8.69. The maximum atomic E-state index is 5.67. The highest BCUT2D eigenvalue weighted by molar-refractivity contribution is 6.17. The van der Waals surface area contributed by atoms with E-state index >= 15 is 0 Å². The highest BCUT2D eigenvalue weighted by atomic mass is 35.5. The first-order valence-electron chi connectivity index (χ1n) is 5.83. The highest BCUT2D eigenvalue weighted by Gasteiger charge is 2.04. The zero-order valence-electron chi connectivity index (χ0n) is 10.4. The summed E-state index contributed by atoms with van der Waals surface area (Å²) in [5, 5.41) is 0. The van der Waals surface area contributed by atoms with Gasteiger partial charge in [0.2, 0.25) is 0 Å². The predicted molar refractivity (Wildman–Crippen MR) is 72.2 cm³/mol. The standard InChI is InChI=1S/C14H15ClN2O/c1-10(2)12-4-3-5-13(6-12)18-14-16-8-11(7-15)9-17-14/h3-6,8-10H,7H2,1-2H3. The van der Waals surface area contributed by atoms with E-state index in [1.807, 2.05) is 18.2 Å². The molecule has 1 heterocycles. The molecule has 0 atom stereocenters. The van der Waals surface area contributed by atoms with Gasteiger partial charge in [0.15, 0.2) is 0 Å². The molecule has 0 amide bonds. The van der Waals surface area contributed by atoms with Crippen LogP contribution in [0.25, 0.3) is 0 Å². The van der Waals surface area contributed by atoms with Crippen LogP contribution in [0.3, 0.4) is 0 Å². The number of rotatable bonds is 4. The van der Waals surface area contributed by atoms with E-state index in [1.54, 1.807) is 12.4 Å². The molecule has 0 saturated carbocycles. The van der Waals surface area contributed by atoms with E-state index in [2.05, 4.69) is 29.9 Å². The number of hydrogen-bond acceptors (Lipinski definition) is 3. The summed E-state index contributed by atoms with van der Waals surface area (Å²) in [5.74, 6) is 1.62. The number of ether oxygens (including phenoxy) is 1. The van der Waals surface area contributed by atoms with E-state index in [0.29, 0.717) is 17.8 Å². The number of hydrogen-bond donors (Lipinski definition) is 0. The van der Waals surface area contributed by atoms with Gasteiger partial charge < -0.3 is 4.74 Å². The van der Waals surface area contributed by atoms with Crippen molar-refractivity contribution in [3.8, 4) is 11.8 Å². The molecule has 0 aliphatic carbocycles. The molecule has 1 aromatic carbocycles. The molecule has 0 N–H and O–H groups in total. The predicted octanol–water partition coefficient (Wildman–Crippen LogP) is 4.13. The van der Waals surface area contributed by atoms with Crippen molar-refractivity contribution < 1.29 is 4.74 Å². The summed E-state index contributed by atoms with van der Waals surface area (Å²) < 4.78 is 5.60. The van der Waals surface area contributed by atoms with Crippen molar-refractivity contribution in [2.24, 2.45) is 0 Å². The van der Waals surface area contributed by atoms with Crippen LogP contribution < -0.4 is 4.74 Å². The average molecular weight is 263 g/mol. The summed E-state index contributed by atoms with van der Waals surface area (Å²) >= 11 is 5.67. The van der Waals surface area contributed by atoms with Crippen LogP contribution in [0, 0.1) is 0 Å². The van der Waals surface area contributed by atoms with Crippen molar-refractivity contribution in [3.63, 3.8) is 0 Å². The lowest BCUT2D eigenvalue weighted by Gasteiger charge is -2.08. The van der Waals surface area contributed by atoms with E-state index in [0.717, 1.165) is 11.3 Å². The summed E-state index contributed by atoms with van der Waals surface area (Å²) in [4.78, 5) is 8.20. The van der Waals surface area contributed by atoms with Crippen LogP contribution >= 0.6 is 11.6 Å². The third kappa shape index (κ3) is 3.20. The second-order valence-corrected chi connectivity index (χ2v) is 4.60. The number of benzene rings is 1. The van der Waals surface area contributed by atoms with Crippen molar-refractivity contribution in [1.29, 1.82) is 0 Å². The van der Waals surface area contributed by atoms with Gasteiger partial charge in [0.05, 0.1) is 5.88 Å². The maximum absolute atomic E-state index is 5.67. The lowest BCUT2D eigenvalue weighted by molar-refractivity contribution is 0.440. The van der Waals surface area contributed by atoms with E-state index in [9.17, 15) is 0 Å². The molecular formula is C14H15ClN2O. The van der Waals surface area contributed by atoms with Crippen molar-refractivity contribution in [3.05, 3.63) is 47.8 Å². The van der Waals surface area contributed by atoms with Gasteiger partial charge in [0.25, 0.3) is 0 Å². The van der Waals surface area contributed by atoms with Crippen molar-refractivity contribution >= 4 is 11.6 Å². The Morgan fingerprint density at radius 3 is 2.56 bits per heavy atom. The van der Waals surface area contributed by atoms with Crippen LogP contribution in [0.4, 0.5) is 0 Å². The topological polar surface area (TPSA) is 35.0 Å². The summed E-state index contributed by atoms with van der Waals surface area (Å²) in [5.41, 5.74) is 2.10. The van der Waals surface area contributed by atoms with Crippen molar-refractivity contribution in [2.45, 2.75) is 25.6 Å². The van der Waals surface area contributed by atoms with Gasteiger partial charge >= 0.3 is 6.01 Å². The molecule has 18 heavy (non-hydrogen) atoms. The van der Waals surface area contributed by atoms with E-state index in [-0.39, 0.29) is 0 Å². The molecule has 0 unspecified atom stereocenters. The second-order valence-electron chi connectivity index (χ2n) is 4.34. The van der Waals surface area contributed by atoms with Crippen LogP contribution in [0.2, 0.25) is 0 Å². The molecule has 0 saturated heterocycles. The molecule has 1 aromatic heterocycles. The summed E-state index contributed by atoms with van der Waals surface area (Å²) in [6, 6.07) is 8.28. The van der Waals surface area contributed by atoms with Crippen molar-refractivity contribution in [1.82, 2.24) is 9.97 Å². The van der Waals surface area contributed by atoms with Gasteiger partial charge in [-0.1, -0.05) is 26.0 Å². The Bertz CT molecular complexity index is 511. The Hall–Kier alpha value is -1.61. The Labute approximate surface area is 112 Å². The van der Waals surface area contributed by atoms with Crippen molar-refractivity contribution in [2.75, 3.05) is 0 Å². The fourth-order valence-electron chi connectivity index (χ4n) is 1.51. The summed E-state index contributed by atoms with van der Waals surface area (Å²) in [7, 11) is 0. The molecule has 3 nitrogen and oxygen atoms in total. The molecule has 0 aliphatic rings. The molecule has 0 radical (unpaired) electrons. The van der Waals surface area contributed by atoms with Gasteiger partial charge in [-0.25, -0.2) is 9.97 Å². The zero-order valence-corrected chi connectivity index (χ0v) is 11.2. The molecule has 2 rings (SSSR count). The van der Waals surface area contributed by atoms with Gasteiger partial charge in [-0.2, -0.15) is 0 Å². The number of alkyl halides is 1. The second kappa shape index (κ2) is 5.83. The smallest absolute Gasteiger partial charge is 0.321 e. The Morgan fingerprint density at radius 2 is 1.94 bits per heavy atom.